The average molecular weight is 1800 g/mol. The second-order valence-corrected chi connectivity index (χ2v) is 70.6. The van der Waals surface area contributed by atoms with E-state index in [1.165, 1.54) is 177 Å². The zero-order chi connectivity index (χ0) is 99.7. The van der Waals surface area contributed by atoms with Crippen LogP contribution >= 0.6 is 0 Å². The van der Waals surface area contributed by atoms with Gasteiger partial charge in [-0.25, -0.2) is 4.39 Å². The summed E-state index contributed by atoms with van der Waals surface area (Å²) < 4.78 is 15.0. The zero-order valence-corrected chi connectivity index (χ0v) is 98.6. The van der Waals surface area contributed by atoms with Crippen molar-refractivity contribution >= 4 is 0 Å². The molecular formula is C129H231F. The number of hydrogen-bond donors (Lipinski definition) is 0. The molecule has 0 radical (unpaired) electrons. The van der Waals surface area contributed by atoms with Crippen LogP contribution in [0.2, 0.25) is 0 Å². The minimum Gasteiger partial charge on any atom is -0.243 e. The van der Waals surface area contributed by atoms with Gasteiger partial charge in [0.2, 0.25) is 0 Å². The molecule has 754 valence electrons. The minimum atomic E-state index is -0.962. The number of hydrogen-bond acceptors (Lipinski definition) is 0. The van der Waals surface area contributed by atoms with E-state index in [0.717, 1.165) is 81.3 Å². The van der Waals surface area contributed by atoms with Crippen LogP contribution in [0, 0.1) is 245 Å². The standard InChI is InChI=1S/C16H24.2C16H30.C15H26.C14H25F.C14H22.C14H28.C13H24.C11H22/c1-13(2,3)15-7-10-8(15)12-9(15)11(7)16(10,12)14(4,5)6;2*1-13(2,3)15-7-10-16(11-8-15,12-9-15)14(4,5)6;1-13(2,3)11-9-7-15(14(4,5)6)8-10(11)12(9)15;1-10(2,3)13-8-14(9-13,11(4,5)6)12(13,7)15;1-11(2)13-6-8-14(10-13,9-7-13)12(3,4)5;1-13(2,3)11-7-9-12(10-8-11)14(4,5)6;1-10(2,3)12-7-13(8-12,9-12)11(4,5)6;1-9(2,3)11(7-8-11)10(4,5)6/h7-12H,1-6H3;2*7-12H2,1-6H3;9-12H,7-8H2,1-6H3;8-9H2,1-7H3;6-9,11H,10H2,1-5H3;11-12H,7-10H2,1-6H3;7-9H2,1-6H3;7-8H2,1-6H3. The Kier molecular flexibility index (Phi) is 25.6. The van der Waals surface area contributed by atoms with Gasteiger partial charge in [-0.05, 0) is 397 Å². The topological polar surface area (TPSA) is 0 Å². The normalized spacial score (nSPS) is 44.4. The first-order valence-corrected chi connectivity index (χ1v) is 56.5. The highest BCUT2D eigenvalue weighted by molar-refractivity contribution is 5.57. The van der Waals surface area contributed by atoms with E-state index < -0.39 is 5.67 Å². The van der Waals surface area contributed by atoms with E-state index in [0.29, 0.717) is 119 Å². The molecule has 0 aromatic rings. The quantitative estimate of drug-likeness (QED) is 0.230. The molecule has 0 N–H and O–H groups in total. The number of alkyl halides is 1. The molecule has 25 aliphatic carbocycles. The second-order valence-electron chi connectivity index (χ2n) is 70.6. The smallest absolute Gasteiger partial charge is 0.120 e. The molecule has 25 rings (SSSR count). The monoisotopic (exact) mass is 1800 g/mol. The zero-order valence-electron chi connectivity index (χ0n) is 98.6. The van der Waals surface area contributed by atoms with Crippen LogP contribution in [0.25, 0.3) is 0 Å². The summed E-state index contributed by atoms with van der Waals surface area (Å²) >= 11 is 0. The number of fused-ring (bicyclic) bond motifs is 8. The number of halogens is 1. The van der Waals surface area contributed by atoms with E-state index in [2.05, 4.69) is 391 Å². The molecule has 0 nitrogen and oxygen atoms in total. The Morgan fingerprint density at radius 1 is 0.246 bits per heavy atom. The van der Waals surface area contributed by atoms with Crippen molar-refractivity contribution in [2.45, 2.75) is 546 Å². The van der Waals surface area contributed by atoms with Crippen molar-refractivity contribution in [2.75, 3.05) is 0 Å². The van der Waals surface area contributed by atoms with Gasteiger partial charge in [0.15, 0.2) is 0 Å². The lowest BCUT2D eigenvalue weighted by molar-refractivity contribution is -0.690. The highest BCUT2D eigenvalue weighted by atomic mass is 19.1. The summed E-state index contributed by atoms with van der Waals surface area (Å²) in [6.07, 6.45) is 47.2. The van der Waals surface area contributed by atoms with Crippen molar-refractivity contribution < 1.29 is 4.39 Å². The summed E-state index contributed by atoms with van der Waals surface area (Å²) in [5, 5.41) is 0. The molecule has 0 aromatic carbocycles. The third kappa shape index (κ3) is 15.2. The Bertz CT molecular complexity index is 3650. The fourth-order valence-corrected chi connectivity index (χ4v) is 39.1. The fraction of sp³-hybridized carbons (Fsp3) is 0.969. The van der Waals surface area contributed by atoms with Crippen LogP contribution < -0.4 is 0 Å². The minimum absolute atomic E-state index is 0.0483. The van der Waals surface area contributed by atoms with Crippen LogP contribution in [0.1, 0.15) is 541 Å². The van der Waals surface area contributed by atoms with E-state index >= 15 is 0 Å². The van der Waals surface area contributed by atoms with Gasteiger partial charge in [-0.1, -0.05) is 391 Å². The first-order valence-electron chi connectivity index (χ1n) is 56.5. The summed E-state index contributed by atoms with van der Waals surface area (Å²) in [5.41, 5.74) is 14.9. The van der Waals surface area contributed by atoms with Gasteiger partial charge in [0.25, 0.3) is 0 Å². The summed E-state index contributed by atoms with van der Waals surface area (Å²) in [6.45, 7) is 129. The molecule has 10 bridgehead atoms. The van der Waals surface area contributed by atoms with E-state index in [9.17, 15) is 4.39 Å². The first kappa shape index (κ1) is 108. The van der Waals surface area contributed by atoms with Crippen molar-refractivity contribution in [2.24, 2.45) is 245 Å². The Balaban J connectivity index is 0.000000133. The van der Waals surface area contributed by atoms with Crippen molar-refractivity contribution in [3.05, 3.63) is 24.3 Å². The van der Waals surface area contributed by atoms with Crippen molar-refractivity contribution in [1.82, 2.24) is 0 Å². The Morgan fingerprint density at radius 3 is 0.623 bits per heavy atom. The highest BCUT2D eigenvalue weighted by Gasteiger charge is 3.11. The van der Waals surface area contributed by atoms with Crippen LogP contribution in [0.4, 0.5) is 4.39 Å². The van der Waals surface area contributed by atoms with Gasteiger partial charge < -0.3 is 0 Å². The molecule has 0 amide bonds. The highest BCUT2D eigenvalue weighted by Crippen LogP contribution is 3.14. The van der Waals surface area contributed by atoms with E-state index in [1.54, 1.807) is 12.8 Å². The van der Waals surface area contributed by atoms with Crippen molar-refractivity contribution in [3.8, 4) is 0 Å². The molecule has 0 spiro atoms. The van der Waals surface area contributed by atoms with Gasteiger partial charge in [-0.3, -0.25) is 0 Å². The molecule has 0 saturated heterocycles. The SMILES string of the molecule is CC(C)(C)C1(C(C)(C)C)CC1.CC(C)(C)C12C3C4C1C1C2C3C41C(C)(C)C.CC(C)(C)C12CC(C(C)(C)C)(C1)C2.CC(C)(C)C12CC(C(C)(C)C)(C1)C2(C)F.CC(C)(C)C12CCC(C(C)(C)C)(CC1)CC2.CC(C)(C)C12CCC(C(C)(C)C)(CC1)CC2.CC(C)(C)C1C2CC3(C(C)(C)C)CC1C23.CC(C)(C)C1CCC(C(C)(C)C)CC1.CC(C)C12C=CC(C(C)(C)C)(C=C1)C2. The van der Waals surface area contributed by atoms with Gasteiger partial charge in [0.05, 0.1) is 0 Å². The van der Waals surface area contributed by atoms with Crippen molar-refractivity contribution in [3.63, 3.8) is 0 Å². The van der Waals surface area contributed by atoms with Crippen LogP contribution in [-0.2, 0) is 0 Å². The number of allylic oxidation sites excluding steroid dienone is 4. The first-order chi connectivity index (χ1) is 57.4. The van der Waals surface area contributed by atoms with Crippen LogP contribution in [0.5, 0.6) is 0 Å². The van der Waals surface area contributed by atoms with E-state index in [4.69, 9.17) is 0 Å². The lowest BCUT2D eigenvalue weighted by atomic mass is 8.89. The lowest BCUT2D eigenvalue weighted by Crippen LogP contribution is -3.12. The summed E-state index contributed by atoms with van der Waals surface area (Å²) in [5.74, 6) is 14.1. The molecule has 2 unspecified atom stereocenters. The molecule has 23 fully saturated rings. The average Bonchev–Trinajstić information content (AvgIpc) is 0.546. The molecule has 2 atom stereocenters. The molecule has 130 heavy (non-hydrogen) atoms. The number of rotatable bonds is 1. The maximum atomic E-state index is 15.0. The predicted molar refractivity (Wildman–Crippen MR) is 569 cm³/mol. The predicted octanol–water partition coefficient (Wildman–Crippen LogP) is 40.8. The molecule has 1 heteroatoms. The van der Waals surface area contributed by atoms with Gasteiger partial charge in [0, 0.05) is 21.7 Å². The maximum absolute atomic E-state index is 15.0. The second kappa shape index (κ2) is 30.7. The largest absolute Gasteiger partial charge is 0.243 e. The van der Waals surface area contributed by atoms with E-state index in [1.807, 2.05) is 6.92 Å². The van der Waals surface area contributed by atoms with Gasteiger partial charge in [0.1, 0.15) is 5.67 Å². The molecular weight excluding hydrogens is 1570 g/mol. The third-order valence-corrected chi connectivity index (χ3v) is 50.6. The Morgan fingerprint density at radius 2 is 0.492 bits per heavy atom. The molecule has 0 aliphatic heterocycles. The maximum Gasteiger partial charge on any atom is 0.120 e. The van der Waals surface area contributed by atoms with Gasteiger partial charge in [-0.2, -0.15) is 0 Å². The van der Waals surface area contributed by atoms with Gasteiger partial charge in [-0.15, -0.1) is 0 Å². The molecule has 25 aliphatic rings. The summed E-state index contributed by atoms with van der Waals surface area (Å²) in [6, 6.07) is 0. The van der Waals surface area contributed by atoms with E-state index in [-0.39, 0.29) is 21.7 Å². The Labute approximate surface area is 814 Å². The summed E-state index contributed by atoms with van der Waals surface area (Å²) in [7, 11) is 0. The lowest BCUT2D eigenvalue weighted by Gasteiger charge is -3.15. The van der Waals surface area contributed by atoms with Crippen LogP contribution in [0.3, 0.4) is 0 Å². The van der Waals surface area contributed by atoms with Crippen LogP contribution in [0.15, 0.2) is 24.3 Å². The van der Waals surface area contributed by atoms with Crippen molar-refractivity contribution in [1.29, 1.82) is 0 Å². The molecule has 0 aromatic heterocycles. The third-order valence-electron chi connectivity index (χ3n) is 50.6. The van der Waals surface area contributed by atoms with Crippen LogP contribution in [-0.4, -0.2) is 5.67 Å². The fourth-order valence-electron chi connectivity index (χ4n) is 39.1. The molecule has 23 saturated carbocycles. The summed E-state index contributed by atoms with van der Waals surface area (Å²) in [4.78, 5) is 0. The molecule has 0 heterocycles. The van der Waals surface area contributed by atoms with Gasteiger partial charge >= 0.3 is 0 Å². The Hall–Kier alpha value is -0.590.